The molecule has 0 heterocycles. The minimum Gasteiger partial charge on any atom is -0.462 e. The predicted molar refractivity (Wildman–Crippen MR) is 82.2 cm³/mol. The maximum absolute atomic E-state index is 11.9. The van der Waals surface area contributed by atoms with Crippen LogP contribution in [0.25, 0.3) is 0 Å². The number of thioether (sulfide) groups is 1. The number of nitrogens with zero attached hydrogens (tertiary/aromatic N) is 1. The number of hydrogen-bond acceptors (Lipinski definition) is 5. The first-order chi connectivity index (χ1) is 8.95. The van der Waals surface area contributed by atoms with E-state index in [4.69, 9.17) is 10.5 Å². The quantitative estimate of drug-likeness (QED) is 0.308. The van der Waals surface area contributed by atoms with Gasteiger partial charge in [-0.2, -0.15) is 0 Å². The molecule has 3 N–H and O–H groups in total. The van der Waals surface area contributed by atoms with Crippen molar-refractivity contribution in [2.24, 2.45) is 10.7 Å². The molecule has 0 saturated heterocycles. The zero-order valence-electron chi connectivity index (χ0n) is 12.4. The minimum atomic E-state index is -0.411. The topological polar surface area (TPSA) is 76.7 Å². The lowest BCUT2D eigenvalue weighted by molar-refractivity contribution is -0.137. The summed E-state index contributed by atoms with van der Waals surface area (Å²) < 4.78 is 4.63. The highest BCUT2D eigenvalue weighted by atomic mass is 32.2. The van der Waals surface area contributed by atoms with Crippen LogP contribution in [0, 0.1) is 0 Å². The fraction of sp³-hybridized carbons (Fsp3) is 0.692. The smallest absolute Gasteiger partial charge is 0.346 e. The molecule has 6 heteroatoms. The van der Waals surface area contributed by atoms with E-state index in [0.717, 1.165) is 6.42 Å². The second kappa shape index (κ2) is 8.85. The van der Waals surface area contributed by atoms with Gasteiger partial charge >= 0.3 is 5.97 Å². The fourth-order valence-corrected chi connectivity index (χ4v) is 2.47. The second-order valence-electron chi connectivity index (χ2n) is 4.06. The average Bonchev–Trinajstić information content (AvgIpc) is 2.38. The Labute approximate surface area is 120 Å². The van der Waals surface area contributed by atoms with Crippen molar-refractivity contribution in [3.63, 3.8) is 0 Å². The van der Waals surface area contributed by atoms with Crippen LogP contribution in [0.2, 0.25) is 0 Å². The first kappa shape index (κ1) is 17.8. The van der Waals surface area contributed by atoms with E-state index in [9.17, 15) is 4.79 Å². The van der Waals surface area contributed by atoms with Crippen LogP contribution in [0.3, 0.4) is 0 Å². The molecule has 0 aliphatic rings. The standard InChI is InChI=1S/C13H25N3O2S/c1-6-13(4,12(14)16-7-2)19-10(9-15-5)11(17)18-8-3/h9,15H,6-8H2,1-5H3,(H2,14,16)/b10-9-. The van der Waals surface area contributed by atoms with Crippen LogP contribution in [0.1, 0.15) is 34.1 Å². The normalized spacial score (nSPS) is 15.8. The first-order valence-electron chi connectivity index (χ1n) is 6.49. The van der Waals surface area contributed by atoms with Gasteiger partial charge < -0.3 is 15.8 Å². The van der Waals surface area contributed by atoms with Gasteiger partial charge in [-0.3, -0.25) is 4.99 Å². The molecule has 0 radical (unpaired) electrons. The van der Waals surface area contributed by atoms with Crippen LogP contribution in [0.5, 0.6) is 0 Å². The van der Waals surface area contributed by atoms with Gasteiger partial charge in [0.05, 0.1) is 11.4 Å². The third-order valence-corrected chi connectivity index (χ3v) is 4.08. The maximum atomic E-state index is 11.9. The van der Waals surface area contributed by atoms with Crippen LogP contribution < -0.4 is 11.1 Å². The maximum Gasteiger partial charge on any atom is 0.346 e. The van der Waals surface area contributed by atoms with Crippen molar-refractivity contribution in [1.82, 2.24) is 5.32 Å². The summed E-state index contributed by atoms with van der Waals surface area (Å²) in [5.74, 6) is 0.208. The summed E-state index contributed by atoms with van der Waals surface area (Å²) in [6, 6.07) is 0. The molecular formula is C13H25N3O2S. The van der Waals surface area contributed by atoms with E-state index in [1.807, 2.05) is 20.8 Å². The number of carbonyl (C=O) groups is 1. The van der Waals surface area contributed by atoms with E-state index < -0.39 is 4.75 Å². The third kappa shape index (κ3) is 5.55. The predicted octanol–water partition coefficient (Wildman–Crippen LogP) is 1.89. The molecule has 1 atom stereocenters. The van der Waals surface area contributed by atoms with Crippen LogP contribution >= 0.6 is 11.8 Å². The Kier molecular flexibility index (Phi) is 8.30. The number of amidine groups is 1. The summed E-state index contributed by atoms with van der Waals surface area (Å²) in [5.41, 5.74) is 6.02. The number of carbonyl (C=O) groups excluding carboxylic acids is 1. The van der Waals surface area contributed by atoms with Gasteiger partial charge in [0.1, 0.15) is 10.7 Å². The molecule has 19 heavy (non-hydrogen) atoms. The minimum absolute atomic E-state index is 0.342. The Morgan fingerprint density at radius 1 is 1.47 bits per heavy atom. The summed E-state index contributed by atoms with van der Waals surface area (Å²) in [6.45, 7) is 8.70. The Hall–Kier alpha value is -1.17. The molecule has 0 bridgehead atoms. The van der Waals surface area contributed by atoms with Crippen molar-refractivity contribution in [1.29, 1.82) is 0 Å². The molecule has 0 spiro atoms. The van der Waals surface area contributed by atoms with Crippen molar-refractivity contribution < 1.29 is 9.53 Å². The molecule has 110 valence electrons. The highest BCUT2D eigenvalue weighted by Gasteiger charge is 2.31. The summed E-state index contributed by atoms with van der Waals surface area (Å²) in [4.78, 5) is 16.6. The third-order valence-electron chi connectivity index (χ3n) is 2.63. The Bertz CT molecular complexity index is 356. The van der Waals surface area contributed by atoms with Crippen LogP contribution in [-0.2, 0) is 9.53 Å². The molecule has 0 aromatic rings. The van der Waals surface area contributed by atoms with Gasteiger partial charge in [-0.1, -0.05) is 6.92 Å². The van der Waals surface area contributed by atoms with E-state index in [2.05, 4.69) is 10.3 Å². The van der Waals surface area contributed by atoms with Crippen LogP contribution in [0.4, 0.5) is 0 Å². The van der Waals surface area contributed by atoms with Crippen molar-refractivity contribution in [3.8, 4) is 0 Å². The van der Waals surface area contributed by atoms with E-state index in [1.54, 1.807) is 20.2 Å². The lowest BCUT2D eigenvalue weighted by atomic mass is 10.1. The van der Waals surface area contributed by atoms with Crippen molar-refractivity contribution in [2.75, 3.05) is 20.2 Å². The number of hydrogen-bond donors (Lipinski definition) is 2. The van der Waals surface area contributed by atoms with E-state index in [0.29, 0.717) is 23.9 Å². The van der Waals surface area contributed by atoms with Crippen molar-refractivity contribution in [2.45, 2.75) is 38.9 Å². The van der Waals surface area contributed by atoms with E-state index in [1.165, 1.54) is 11.8 Å². The van der Waals surface area contributed by atoms with Crippen molar-refractivity contribution >= 4 is 23.6 Å². The molecule has 0 aliphatic heterocycles. The summed E-state index contributed by atoms with van der Waals surface area (Å²) in [7, 11) is 1.74. The SMILES string of the molecule is CC/N=C(/N)C(C)(CC)S/C(=C\NC)C(=O)OCC. The van der Waals surface area contributed by atoms with Crippen molar-refractivity contribution in [3.05, 3.63) is 11.1 Å². The summed E-state index contributed by atoms with van der Waals surface area (Å²) in [6.07, 6.45) is 2.41. The molecule has 0 rings (SSSR count). The number of esters is 1. The molecule has 0 aliphatic carbocycles. The molecule has 5 nitrogen and oxygen atoms in total. The zero-order chi connectivity index (χ0) is 14.9. The number of aliphatic imine (C=N–C) groups is 1. The Morgan fingerprint density at radius 2 is 2.11 bits per heavy atom. The van der Waals surface area contributed by atoms with E-state index >= 15 is 0 Å². The highest BCUT2D eigenvalue weighted by Crippen LogP contribution is 2.35. The number of nitrogens with one attached hydrogen (secondary N) is 1. The molecular weight excluding hydrogens is 262 g/mol. The van der Waals surface area contributed by atoms with Gasteiger partial charge in [0, 0.05) is 19.8 Å². The average molecular weight is 287 g/mol. The second-order valence-corrected chi connectivity index (χ2v) is 5.61. The lowest BCUT2D eigenvalue weighted by Crippen LogP contribution is -2.38. The van der Waals surface area contributed by atoms with Crippen LogP contribution in [-0.4, -0.2) is 36.8 Å². The van der Waals surface area contributed by atoms with Crippen LogP contribution in [0.15, 0.2) is 16.1 Å². The molecule has 1 unspecified atom stereocenters. The molecule has 0 fully saturated rings. The van der Waals surface area contributed by atoms with Gasteiger partial charge in [-0.05, 0) is 27.2 Å². The van der Waals surface area contributed by atoms with Gasteiger partial charge in [-0.25, -0.2) is 4.79 Å². The Morgan fingerprint density at radius 3 is 2.53 bits per heavy atom. The summed E-state index contributed by atoms with van der Waals surface area (Å²) >= 11 is 1.38. The Balaban J connectivity index is 5.14. The van der Waals surface area contributed by atoms with Gasteiger partial charge in [-0.15, -0.1) is 11.8 Å². The van der Waals surface area contributed by atoms with Gasteiger partial charge in [0.15, 0.2) is 0 Å². The van der Waals surface area contributed by atoms with Gasteiger partial charge in [0.2, 0.25) is 0 Å². The lowest BCUT2D eigenvalue weighted by Gasteiger charge is -2.27. The fourth-order valence-electron chi connectivity index (χ4n) is 1.35. The number of nitrogens with two attached hydrogens (primary N) is 1. The zero-order valence-corrected chi connectivity index (χ0v) is 13.3. The largest absolute Gasteiger partial charge is 0.462 e. The summed E-state index contributed by atoms with van der Waals surface area (Å²) in [5, 5.41) is 2.86. The molecule has 0 aromatic heterocycles. The molecule has 0 aromatic carbocycles. The number of ether oxygens (including phenoxy) is 1. The first-order valence-corrected chi connectivity index (χ1v) is 7.30. The molecule has 0 amide bonds. The monoisotopic (exact) mass is 287 g/mol. The highest BCUT2D eigenvalue weighted by molar-refractivity contribution is 8.05. The molecule has 0 saturated carbocycles. The van der Waals surface area contributed by atoms with Gasteiger partial charge in [0.25, 0.3) is 0 Å². The number of rotatable bonds is 8. The van der Waals surface area contributed by atoms with E-state index in [-0.39, 0.29) is 5.97 Å².